The van der Waals surface area contributed by atoms with Gasteiger partial charge in [0.15, 0.2) is 0 Å². The van der Waals surface area contributed by atoms with Gasteiger partial charge in [0.2, 0.25) is 0 Å². The van der Waals surface area contributed by atoms with Gasteiger partial charge in [-0.2, -0.15) is 0 Å². The molecule has 1 atom stereocenters. The second-order valence-electron chi connectivity index (χ2n) is 7.64. The smallest absolute Gasteiger partial charge is 0.313 e. The average Bonchev–Trinajstić information content (AvgIpc) is 3.05. The number of carbonyl (C=O) groups excluding carboxylic acids is 1. The third-order valence-corrected chi connectivity index (χ3v) is 6.39. The van der Waals surface area contributed by atoms with Crippen LogP contribution in [0.15, 0.2) is 24.3 Å². The van der Waals surface area contributed by atoms with Gasteiger partial charge in [-0.1, -0.05) is 50.3 Å². The van der Waals surface area contributed by atoms with Crippen molar-refractivity contribution in [1.82, 2.24) is 4.90 Å². The molecule has 4 heteroatoms. The highest BCUT2D eigenvalue weighted by molar-refractivity contribution is 6.01. The maximum Gasteiger partial charge on any atom is 0.313 e. The summed E-state index contributed by atoms with van der Waals surface area (Å²) in [6.45, 7) is 0. The van der Waals surface area contributed by atoms with E-state index in [4.69, 9.17) is 0 Å². The van der Waals surface area contributed by atoms with E-state index >= 15 is 0 Å². The van der Waals surface area contributed by atoms with E-state index in [0.717, 1.165) is 56.9 Å². The van der Waals surface area contributed by atoms with Gasteiger partial charge < -0.3 is 10.0 Å². The van der Waals surface area contributed by atoms with Crippen LogP contribution in [0.4, 0.5) is 0 Å². The molecule has 2 aliphatic carbocycles. The first-order valence-corrected chi connectivity index (χ1v) is 9.30. The summed E-state index contributed by atoms with van der Waals surface area (Å²) < 4.78 is 0. The van der Waals surface area contributed by atoms with E-state index < -0.39 is 17.4 Å². The maximum absolute atomic E-state index is 13.4. The van der Waals surface area contributed by atoms with Crippen molar-refractivity contribution in [2.45, 2.75) is 75.3 Å². The number of carboxylic acid groups (broad SMARTS) is 1. The summed E-state index contributed by atoms with van der Waals surface area (Å²) in [6.07, 6.45) is 9.22. The van der Waals surface area contributed by atoms with Crippen molar-refractivity contribution in [3.8, 4) is 0 Å². The second kappa shape index (κ2) is 5.91. The molecule has 2 saturated carbocycles. The van der Waals surface area contributed by atoms with Gasteiger partial charge in [0, 0.05) is 11.6 Å². The van der Waals surface area contributed by atoms with Crippen LogP contribution < -0.4 is 0 Å². The summed E-state index contributed by atoms with van der Waals surface area (Å²) in [7, 11) is 0. The van der Waals surface area contributed by atoms with Crippen LogP contribution in [0.3, 0.4) is 0 Å². The van der Waals surface area contributed by atoms with E-state index in [1.807, 2.05) is 29.2 Å². The number of fused-ring (bicyclic) bond motifs is 1. The van der Waals surface area contributed by atoms with Gasteiger partial charge in [0.25, 0.3) is 5.91 Å². The molecule has 1 spiro atoms. The number of hydrogen-bond donors (Lipinski definition) is 1. The Morgan fingerprint density at radius 3 is 2.38 bits per heavy atom. The number of rotatable bonds is 2. The molecule has 0 unspecified atom stereocenters. The van der Waals surface area contributed by atoms with Crippen molar-refractivity contribution in [1.29, 1.82) is 0 Å². The Labute approximate surface area is 142 Å². The Hall–Kier alpha value is -1.84. The fourth-order valence-corrected chi connectivity index (χ4v) is 5.45. The van der Waals surface area contributed by atoms with E-state index in [1.165, 1.54) is 6.42 Å². The van der Waals surface area contributed by atoms with E-state index in [-0.39, 0.29) is 11.9 Å². The summed E-state index contributed by atoms with van der Waals surface area (Å²) in [6, 6.07) is 7.58. The molecular formula is C20H25NO3. The molecule has 0 saturated heterocycles. The summed E-state index contributed by atoms with van der Waals surface area (Å²) in [5.41, 5.74) is 0.816. The lowest BCUT2D eigenvalue weighted by Gasteiger charge is -2.53. The second-order valence-corrected chi connectivity index (χ2v) is 7.64. The molecule has 24 heavy (non-hydrogen) atoms. The molecule has 3 aliphatic rings. The number of amides is 1. The summed E-state index contributed by atoms with van der Waals surface area (Å²) in [5, 5.41) is 10.1. The van der Waals surface area contributed by atoms with E-state index in [9.17, 15) is 14.7 Å². The number of hydrogen-bond acceptors (Lipinski definition) is 2. The summed E-state index contributed by atoms with van der Waals surface area (Å²) in [4.78, 5) is 27.7. The normalized spacial score (nSPS) is 26.6. The fourth-order valence-electron chi connectivity index (χ4n) is 5.45. The van der Waals surface area contributed by atoms with Gasteiger partial charge >= 0.3 is 5.97 Å². The lowest BCUT2D eigenvalue weighted by Crippen LogP contribution is -2.62. The first-order valence-electron chi connectivity index (χ1n) is 9.30. The van der Waals surface area contributed by atoms with Crippen molar-refractivity contribution >= 4 is 11.9 Å². The summed E-state index contributed by atoms with van der Waals surface area (Å²) in [5.74, 6) is -1.30. The van der Waals surface area contributed by atoms with Crippen molar-refractivity contribution in [2.75, 3.05) is 0 Å². The van der Waals surface area contributed by atoms with Gasteiger partial charge in [-0.15, -0.1) is 0 Å². The topological polar surface area (TPSA) is 57.6 Å². The zero-order valence-electron chi connectivity index (χ0n) is 14.0. The van der Waals surface area contributed by atoms with Crippen LogP contribution in [0.25, 0.3) is 0 Å². The predicted molar refractivity (Wildman–Crippen MR) is 91.1 cm³/mol. The molecule has 4 rings (SSSR count). The highest BCUT2D eigenvalue weighted by atomic mass is 16.4. The molecule has 1 aliphatic heterocycles. The minimum absolute atomic E-state index is 0.0666. The first-order chi connectivity index (χ1) is 11.6. The van der Waals surface area contributed by atoms with Crippen LogP contribution in [0.5, 0.6) is 0 Å². The third kappa shape index (κ3) is 2.19. The molecule has 1 aromatic rings. The lowest BCUT2D eigenvalue weighted by molar-refractivity contribution is -0.143. The fraction of sp³-hybridized carbons (Fsp3) is 0.600. The molecule has 1 N–H and O–H groups in total. The third-order valence-electron chi connectivity index (χ3n) is 6.39. The maximum atomic E-state index is 13.4. The largest absolute Gasteiger partial charge is 0.481 e. The van der Waals surface area contributed by atoms with Crippen molar-refractivity contribution < 1.29 is 14.7 Å². The Morgan fingerprint density at radius 1 is 1.04 bits per heavy atom. The molecule has 0 bridgehead atoms. The molecule has 2 fully saturated rings. The molecule has 0 radical (unpaired) electrons. The standard InChI is InChI=1S/C20H25NO3/c22-18-16-11-5-4-10-15(16)17(19(23)24)20(12-6-7-13-20)21(18)14-8-2-1-3-9-14/h4-5,10-11,14,17H,1-3,6-9,12-13H2,(H,23,24)/t17-/m0/s1. The molecule has 1 aromatic carbocycles. The molecular weight excluding hydrogens is 302 g/mol. The number of carbonyl (C=O) groups is 2. The minimum Gasteiger partial charge on any atom is -0.481 e. The number of nitrogens with zero attached hydrogens (tertiary/aromatic N) is 1. The minimum atomic E-state index is -0.780. The Morgan fingerprint density at radius 2 is 1.71 bits per heavy atom. The summed E-state index contributed by atoms with van der Waals surface area (Å²) >= 11 is 0. The Kier molecular flexibility index (Phi) is 3.86. The zero-order valence-corrected chi connectivity index (χ0v) is 14.0. The monoisotopic (exact) mass is 327 g/mol. The Bertz CT molecular complexity index is 657. The van der Waals surface area contributed by atoms with E-state index in [0.29, 0.717) is 5.56 Å². The van der Waals surface area contributed by atoms with Crippen LogP contribution in [0.1, 0.15) is 79.6 Å². The predicted octanol–water partition coefficient (Wildman–Crippen LogP) is 3.96. The van der Waals surface area contributed by atoms with Gasteiger partial charge in [0.1, 0.15) is 5.92 Å². The van der Waals surface area contributed by atoms with Gasteiger partial charge in [0.05, 0.1) is 5.54 Å². The first kappa shape index (κ1) is 15.7. The SMILES string of the molecule is O=C(O)[C@@H]1c2ccccc2C(=O)N(C2CCCCC2)C12CCCC2. The van der Waals surface area contributed by atoms with Gasteiger partial charge in [-0.25, -0.2) is 0 Å². The zero-order chi connectivity index (χ0) is 16.7. The van der Waals surface area contributed by atoms with Crippen LogP contribution in [0.2, 0.25) is 0 Å². The number of carboxylic acids is 1. The molecule has 128 valence electrons. The van der Waals surface area contributed by atoms with Crippen molar-refractivity contribution in [2.24, 2.45) is 0 Å². The number of benzene rings is 1. The average molecular weight is 327 g/mol. The van der Waals surface area contributed by atoms with Crippen molar-refractivity contribution in [3.63, 3.8) is 0 Å². The highest BCUT2D eigenvalue weighted by Crippen LogP contribution is 2.52. The van der Waals surface area contributed by atoms with E-state index in [1.54, 1.807) is 0 Å². The molecule has 1 heterocycles. The van der Waals surface area contributed by atoms with Crippen LogP contribution in [-0.2, 0) is 4.79 Å². The van der Waals surface area contributed by atoms with Crippen LogP contribution in [0, 0.1) is 0 Å². The van der Waals surface area contributed by atoms with E-state index in [2.05, 4.69) is 0 Å². The molecule has 1 amide bonds. The van der Waals surface area contributed by atoms with Crippen molar-refractivity contribution in [3.05, 3.63) is 35.4 Å². The quantitative estimate of drug-likeness (QED) is 0.894. The van der Waals surface area contributed by atoms with Gasteiger partial charge in [-0.3, -0.25) is 9.59 Å². The van der Waals surface area contributed by atoms with Crippen LogP contribution >= 0.6 is 0 Å². The molecule has 4 nitrogen and oxygen atoms in total. The Balaban J connectivity index is 1.88. The lowest BCUT2D eigenvalue weighted by atomic mass is 9.70. The highest BCUT2D eigenvalue weighted by Gasteiger charge is 2.57. The number of aliphatic carboxylic acids is 1. The van der Waals surface area contributed by atoms with Crippen LogP contribution in [-0.4, -0.2) is 33.5 Å². The van der Waals surface area contributed by atoms with Gasteiger partial charge in [-0.05, 0) is 37.3 Å². The molecule has 0 aromatic heterocycles.